The quantitative estimate of drug-likeness (QED) is 0.828. The van der Waals surface area contributed by atoms with Crippen LogP contribution in [-0.2, 0) is 6.54 Å². The van der Waals surface area contributed by atoms with Crippen molar-refractivity contribution in [1.29, 1.82) is 0 Å². The first kappa shape index (κ1) is 13.6. The third kappa shape index (κ3) is 2.77. The van der Waals surface area contributed by atoms with Crippen molar-refractivity contribution in [1.82, 2.24) is 0 Å². The molecule has 3 N–H and O–H groups in total. The minimum absolute atomic E-state index is 0. The minimum Gasteiger partial charge on any atom is -0.506 e. The van der Waals surface area contributed by atoms with Gasteiger partial charge >= 0.3 is 0 Å². The van der Waals surface area contributed by atoms with E-state index in [1.165, 1.54) is 0 Å². The Bertz CT molecular complexity index is 313. The number of rotatable bonds is 2. The molecular weight excluding hydrogens is 221 g/mol. The largest absolute Gasteiger partial charge is 0.506 e. The van der Waals surface area contributed by atoms with Crippen LogP contribution in [0.15, 0.2) is 12.1 Å². The first-order chi connectivity index (χ1) is 6.06. The maximum Gasteiger partial charge on any atom is 0.138 e. The predicted octanol–water partition coefficient (Wildman–Crippen LogP) is 3.05. The highest BCUT2D eigenvalue weighted by atomic mass is 35.5. The summed E-state index contributed by atoms with van der Waals surface area (Å²) in [4.78, 5) is 0. The highest BCUT2D eigenvalue weighted by Gasteiger charge is 2.08. The van der Waals surface area contributed by atoms with E-state index >= 15 is 0 Å². The Balaban J connectivity index is 0.00000169. The van der Waals surface area contributed by atoms with Crippen LogP contribution in [0.2, 0.25) is 5.02 Å². The lowest BCUT2D eigenvalue weighted by Crippen LogP contribution is -1.99. The van der Waals surface area contributed by atoms with Gasteiger partial charge in [-0.3, -0.25) is 0 Å². The summed E-state index contributed by atoms with van der Waals surface area (Å²) in [5.41, 5.74) is 7.27. The van der Waals surface area contributed by atoms with Gasteiger partial charge < -0.3 is 10.8 Å². The zero-order chi connectivity index (χ0) is 10.0. The molecule has 0 fully saturated rings. The van der Waals surface area contributed by atoms with E-state index in [0.29, 0.717) is 23.0 Å². The van der Waals surface area contributed by atoms with Crippen LogP contribution < -0.4 is 5.73 Å². The molecule has 0 saturated carbocycles. The van der Waals surface area contributed by atoms with Gasteiger partial charge in [-0.25, -0.2) is 0 Å². The number of hydrogen-bond acceptors (Lipinski definition) is 2. The Hall–Kier alpha value is -0.440. The van der Waals surface area contributed by atoms with Gasteiger partial charge in [-0.15, -0.1) is 12.4 Å². The summed E-state index contributed by atoms with van der Waals surface area (Å²) in [6.45, 7) is 4.46. The second-order valence-corrected chi connectivity index (χ2v) is 3.78. The van der Waals surface area contributed by atoms with Crippen molar-refractivity contribution in [2.75, 3.05) is 0 Å². The van der Waals surface area contributed by atoms with Crippen LogP contribution in [0.25, 0.3) is 0 Å². The van der Waals surface area contributed by atoms with Gasteiger partial charge in [0.2, 0.25) is 0 Å². The van der Waals surface area contributed by atoms with Gasteiger partial charge in [0.25, 0.3) is 0 Å². The van der Waals surface area contributed by atoms with E-state index in [4.69, 9.17) is 17.3 Å². The molecule has 0 aromatic heterocycles. The summed E-state index contributed by atoms with van der Waals surface area (Å²) < 4.78 is 0. The molecule has 0 unspecified atom stereocenters. The molecule has 1 rings (SSSR count). The van der Waals surface area contributed by atoms with Crippen LogP contribution in [0.4, 0.5) is 0 Å². The van der Waals surface area contributed by atoms with Crippen molar-refractivity contribution in [3.63, 3.8) is 0 Å². The fourth-order valence-corrected chi connectivity index (χ4v) is 1.42. The Kier molecular flexibility index (Phi) is 5.27. The number of halogens is 2. The van der Waals surface area contributed by atoms with E-state index < -0.39 is 0 Å². The van der Waals surface area contributed by atoms with E-state index in [0.717, 1.165) is 5.56 Å². The molecule has 0 aliphatic rings. The second kappa shape index (κ2) is 5.44. The maximum atomic E-state index is 9.49. The van der Waals surface area contributed by atoms with Crippen molar-refractivity contribution in [3.05, 3.63) is 28.3 Å². The van der Waals surface area contributed by atoms with Crippen LogP contribution in [0, 0.1) is 0 Å². The summed E-state index contributed by atoms with van der Waals surface area (Å²) in [5, 5.41) is 9.87. The molecule has 0 radical (unpaired) electrons. The zero-order valence-corrected chi connectivity index (χ0v) is 9.82. The van der Waals surface area contributed by atoms with E-state index in [9.17, 15) is 5.11 Å². The van der Waals surface area contributed by atoms with E-state index in [1.807, 2.05) is 6.07 Å². The second-order valence-electron chi connectivity index (χ2n) is 3.37. The Morgan fingerprint density at radius 1 is 1.43 bits per heavy atom. The maximum absolute atomic E-state index is 9.49. The molecule has 0 amide bonds. The fraction of sp³-hybridized carbons (Fsp3) is 0.400. The third-order valence-corrected chi connectivity index (χ3v) is 2.34. The number of aromatic hydroxyl groups is 1. The SMILES string of the molecule is CC(C)c1cc(Cl)c(O)c(CN)c1.Cl. The molecule has 0 aliphatic carbocycles. The summed E-state index contributed by atoms with van der Waals surface area (Å²) >= 11 is 5.84. The molecule has 2 nitrogen and oxygen atoms in total. The van der Waals surface area contributed by atoms with Crippen molar-refractivity contribution >= 4 is 24.0 Å². The van der Waals surface area contributed by atoms with Gasteiger partial charge in [0.1, 0.15) is 5.75 Å². The van der Waals surface area contributed by atoms with Crippen LogP contribution >= 0.6 is 24.0 Å². The average molecular weight is 236 g/mol. The lowest BCUT2D eigenvalue weighted by molar-refractivity contribution is 0.468. The predicted molar refractivity (Wildman–Crippen MR) is 62.3 cm³/mol. The summed E-state index contributed by atoms with van der Waals surface area (Å²) in [5.74, 6) is 0.497. The Morgan fingerprint density at radius 3 is 2.43 bits per heavy atom. The molecule has 0 aliphatic heterocycles. The monoisotopic (exact) mass is 235 g/mol. The molecule has 1 aromatic rings. The van der Waals surface area contributed by atoms with Crippen LogP contribution in [0.1, 0.15) is 30.9 Å². The summed E-state index contributed by atoms with van der Waals surface area (Å²) in [7, 11) is 0. The van der Waals surface area contributed by atoms with Gasteiger partial charge in [-0.1, -0.05) is 31.5 Å². The Labute approximate surface area is 95.5 Å². The normalized spacial score (nSPS) is 10.1. The first-order valence-electron chi connectivity index (χ1n) is 4.27. The molecule has 1 aromatic carbocycles. The van der Waals surface area contributed by atoms with Gasteiger partial charge in [0, 0.05) is 12.1 Å². The zero-order valence-electron chi connectivity index (χ0n) is 8.25. The molecule has 0 bridgehead atoms. The van der Waals surface area contributed by atoms with Crippen LogP contribution in [-0.4, -0.2) is 5.11 Å². The number of benzene rings is 1. The first-order valence-corrected chi connectivity index (χ1v) is 4.65. The lowest BCUT2D eigenvalue weighted by atomic mass is 10.0. The third-order valence-electron chi connectivity index (χ3n) is 2.05. The number of nitrogens with two attached hydrogens (primary N) is 1. The molecule has 0 spiro atoms. The number of hydrogen-bond donors (Lipinski definition) is 2. The average Bonchev–Trinajstić information content (AvgIpc) is 2.09. The number of phenolic OH excluding ortho intramolecular Hbond substituents is 1. The smallest absolute Gasteiger partial charge is 0.138 e. The minimum atomic E-state index is 0. The van der Waals surface area contributed by atoms with Gasteiger partial charge in [0.05, 0.1) is 5.02 Å². The van der Waals surface area contributed by atoms with Crippen molar-refractivity contribution < 1.29 is 5.11 Å². The molecule has 4 heteroatoms. The van der Waals surface area contributed by atoms with Crippen molar-refractivity contribution in [2.45, 2.75) is 26.3 Å². The van der Waals surface area contributed by atoms with E-state index in [-0.39, 0.29) is 18.2 Å². The fourth-order valence-electron chi connectivity index (χ4n) is 1.17. The van der Waals surface area contributed by atoms with Crippen molar-refractivity contribution in [3.8, 4) is 5.75 Å². The Morgan fingerprint density at radius 2 is 2.00 bits per heavy atom. The van der Waals surface area contributed by atoms with E-state index in [1.54, 1.807) is 6.07 Å². The molecular formula is C10H15Cl2NO. The number of phenols is 1. The van der Waals surface area contributed by atoms with Crippen molar-refractivity contribution in [2.24, 2.45) is 5.73 Å². The van der Waals surface area contributed by atoms with Gasteiger partial charge in [-0.05, 0) is 17.5 Å². The summed E-state index contributed by atoms with van der Waals surface area (Å²) in [6.07, 6.45) is 0. The lowest BCUT2D eigenvalue weighted by Gasteiger charge is -2.10. The molecule has 0 atom stereocenters. The molecule has 14 heavy (non-hydrogen) atoms. The topological polar surface area (TPSA) is 46.2 Å². The van der Waals surface area contributed by atoms with Crippen LogP contribution in [0.5, 0.6) is 5.75 Å². The molecule has 80 valence electrons. The van der Waals surface area contributed by atoms with E-state index in [2.05, 4.69) is 13.8 Å². The molecule has 0 heterocycles. The van der Waals surface area contributed by atoms with Crippen LogP contribution in [0.3, 0.4) is 0 Å². The standard InChI is InChI=1S/C10H14ClNO.ClH/c1-6(2)7-3-8(5-12)10(13)9(11)4-7;/h3-4,6,13H,5,12H2,1-2H3;1H. The summed E-state index contributed by atoms with van der Waals surface area (Å²) in [6, 6.07) is 3.67. The highest BCUT2D eigenvalue weighted by molar-refractivity contribution is 6.32. The molecule has 0 saturated heterocycles. The van der Waals surface area contributed by atoms with Gasteiger partial charge in [0.15, 0.2) is 0 Å². The van der Waals surface area contributed by atoms with Gasteiger partial charge in [-0.2, -0.15) is 0 Å². The highest BCUT2D eigenvalue weighted by Crippen LogP contribution is 2.31.